The van der Waals surface area contributed by atoms with Gasteiger partial charge >= 0.3 is 0 Å². The molecule has 0 saturated carbocycles. The average Bonchev–Trinajstić information content (AvgIpc) is 3.01. The molecule has 5 heteroatoms. The number of rotatable bonds is 4. The van der Waals surface area contributed by atoms with Gasteiger partial charge in [-0.25, -0.2) is 0 Å². The number of aromatic amines is 1. The summed E-state index contributed by atoms with van der Waals surface area (Å²) in [5.41, 5.74) is 4.85. The van der Waals surface area contributed by atoms with E-state index in [9.17, 15) is 4.79 Å². The van der Waals surface area contributed by atoms with Crippen LogP contribution in [0.5, 0.6) is 0 Å². The number of nitrogens with one attached hydrogen (secondary N) is 1. The zero-order chi connectivity index (χ0) is 15.7. The van der Waals surface area contributed by atoms with E-state index in [0.717, 1.165) is 22.2 Å². The number of fused-ring (bicyclic) bond motifs is 1. The van der Waals surface area contributed by atoms with Crippen molar-refractivity contribution in [2.45, 2.75) is 26.4 Å². The normalized spacial score (nSPS) is 12.9. The average molecular weight is 313 g/mol. The van der Waals surface area contributed by atoms with Crippen LogP contribution >= 0.6 is 11.3 Å². The van der Waals surface area contributed by atoms with E-state index < -0.39 is 0 Å². The number of H-pyrrole nitrogens is 1. The van der Waals surface area contributed by atoms with Gasteiger partial charge in [-0.3, -0.25) is 14.7 Å². The molecule has 1 N–H and O–H groups in total. The van der Waals surface area contributed by atoms with E-state index >= 15 is 0 Å². The van der Waals surface area contributed by atoms with E-state index in [1.165, 1.54) is 4.88 Å². The Morgan fingerprint density at radius 3 is 2.91 bits per heavy atom. The maximum Gasteiger partial charge on any atom is 0.189 e. The van der Waals surface area contributed by atoms with Crippen LogP contribution in [0.1, 0.15) is 29.1 Å². The van der Waals surface area contributed by atoms with Gasteiger partial charge in [0.1, 0.15) is 0 Å². The van der Waals surface area contributed by atoms with Crippen LogP contribution in [-0.2, 0) is 6.54 Å². The van der Waals surface area contributed by atoms with Gasteiger partial charge in [0, 0.05) is 46.3 Å². The van der Waals surface area contributed by atoms with Gasteiger partial charge in [-0.15, -0.1) is 11.3 Å². The Kier molecular flexibility index (Phi) is 4.09. The van der Waals surface area contributed by atoms with Crippen LogP contribution in [0.15, 0.2) is 40.8 Å². The Hall–Kier alpha value is -1.98. The molecule has 1 atom stereocenters. The van der Waals surface area contributed by atoms with Gasteiger partial charge in [-0.1, -0.05) is 11.6 Å². The summed E-state index contributed by atoms with van der Waals surface area (Å²) in [4.78, 5) is 23.2. The first-order valence-corrected chi connectivity index (χ1v) is 8.14. The first-order valence-electron chi connectivity index (χ1n) is 7.26. The maximum absolute atomic E-state index is 12.3. The molecule has 0 aliphatic carbocycles. The Morgan fingerprint density at radius 2 is 2.18 bits per heavy atom. The first kappa shape index (κ1) is 14.9. The maximum atomic E-state index is 12.3. The fourth-order valence-electron chi connectivity index (χ4n) is 2.56. The van der Waals surface area contributed by atoms with E-state index in [2.05, 4.69) is 28.8 Å². The fourth-order valence-corrected chi connectivity index (χ4v) is 3.30. The van der Waals surface area contributed by atoms with Crippen LogP contribution in [0.2, 0.25) is 0 Å². The van der Waals surface area contributed by atoms with Crippen LogP contribution in [0, 0.1) is 6.92 Å². The minimum atomic E-state index is 0.0753. The molecule has 114 valence electrons. The molecule has 3 aromatic rings. The number of nitrogens with zero attached hydrogens (tertiary/aromatic N) is 2. The highest BCUT2D eigenvalue weighted by molar-refractivity contribution is 7.09. The summed E-state index contributed by atoms with van der Waals surface area (Å²) >= 11 is 1.65. The summed E-state index contributed by atoms with van der Waals surface area (Å²) < 4.78 is 0. The van der Waals surface area contributed by atoms with Crippen molar-refractivity contribution in [3.8, 4) is 0 Å². The molecular formula is C17H19N3OS. The van der Waals surface area contributed by atoms with E-state index in [0.29, 0.717) is 6.54 Å². The van der Waals surface area contributed by atoms with Gasteiger partial charge in [0.15, 0.2) is 5.43 Å². The van der Waals surface area contributed by atoms with Crippen molar-refractivity contribution in [2.24, 2.45) is 0 Å². The Balaban J connectivity index is 1.88. The molecule has 0 unspecified atom stereocenters. The molecule has 0 radical (unpaired) electrons. The van der Waals surface area contributed by atoms with Crippen molar-refractivity contribution in [2.75, 3.05) is 7.05 Å². The number of aryl methyl sites for hydroxylation is 1. The minimum absolute atomic E-state index is 0.0753. The van der Waals surface area contributed by atoms with Crippen molar-refractivity contribution in [3.63, 3.8) is 0 Å². The van der Waals surface area contributed by atoms with Gasteiger partial charge in [0.25, 0.3) is 0 Å². The van der Waals surface area contributed by atoms with E-state index in [1.807, 2.05) is 36.8 Å². The second-order valence-corrected chi connectivity index (χ2v) is 6.62. The van der Waals surface area contributed by atoms with E-state index in [1.54, 1.807) is 17.4 Å². The summed E-state index contributed by atoms with van der Waals surface area (Å²) in [6.07, 6.45) is 1.90. The molecule has 0 amide bonds. The predicted molar refractivity (Wildman–Crippen MR) is 91.3 cm³/mol. The molecule has 2 heterocycles. The minimum Gasteiger partial charge on any atom is -0.357 e. The molecule has 1 aromatic carbocycles. The van der Waals surface area contributed by atoms with Gasteiger partial charge in [-0.2, -0.15) is 0 Å². The van der Waals surface area contributed by atoms with Gasteiger partial charge in [0.05, 0.1) is 5.51 Å². The second-order valence-electron chi connectivity index (χ2n) is 5.70. The summed E-state index contributed by atoms with van der Waals surface area (Å²) in [6.45, 7) is 4.84. The highest BCUT2D eigenvalue weighted by Crippen LogP contribution is 2.23. The lowest BCUT2D eigenvalue weighted by Crippen LogP contribution is -2.22. The molecule has 0 fully saturated rings. The van der Waals surface area contributed by atoms with Crippen LogP contribution in [0.4, 0.5) is 0 Å². The van der Waals surface area contributed by atoms with Gasteiger partial charge in [-0.05, 0) is 33.0 Å². The third kappa shape index (κ3) is 2.96. The molecule has 0 aliphatic rings. The summed E-state index contributed by atoms with van der Waals surface area (Å²) in [5.74, 6) is 0. The van der Waals surface area contributed by atoms with Crippen LogP contribution in [-0.4, -0.2) is 21.9 Å². The smallest absolute Gasteiger partial charge is 0.189 e. The highest BCUT2D eigenvalue weighted by Gasteiger charge is 2.14. The molecule has 0 spiro atoms. The first-order chi connectivity index (χ1) is 10.5. The standard InChI is InChI=1S/C17H19N3OS/c1-11-4-5-15-14(6-11)16(21)7-13(19-15)9-20(3)12(2)17-8-18-10-22-17/h4-8,10,12H,9H2,1-3H3,(H,19,21)/t12-/m1/s1. The number of hydrogen-bond donors (Lipinski definition) is 1. The Labute approximate surface area is 133 Å². The zero-order valence-corrected chi connectivity index (χ0v) is 13.8. The van der Waals surface area contributed by atoms with Crippen molar-refractivity contribution < 1.29 is 0 Å². The van der Waals surface area contributed by atoms with E-state index in [-0.39, 0.29) is 11.5 Å². The van der Waals surface area contributed by atoms with Crippen molar-refractivity contribution in [1.82, 2.24) is 14.9 Å². The topological polar surface area (TPSA) is 49.0 Å². The third-order valence-electron chi connectivity index (χ3n) is 3.99. The van der Waals surface area contributed by atoms with Crippen LogP contribution in [0.25, 0.3) is 10.9 Å². The summed E-state index contributed by atoms with van der Waals surface area (Å²) in [5, 5.41) is 0.752. The second kappa shape index (κ2) is 6.02. The van der Waals surface area contributed by atoms with Crippen molar-refractivity contribution in [1.29, 1.82) is 0 Å². The third-order valence-corrected chi connectivity index (χ3v) is 4.93. The number of pyridine rings is 1. The van der Waals surface area contributed by atoms with Crippen LogP contribution < -0.4 is 5.43 Å². The molecule has 2 aromatic heterocycles. The quantitative estimate of drug-likeness (QED) is 0.802. The lowest BCUT2D eigenvalue weighted by molar-refractivity contribution is 0.253. The Morgan fingerprint density at radius 1 is 1.36 bits per heavy atom. The lowest BCUT2D eigenvalue weighted by Gasteiger charge is -2.23. The predicted octanol–water partition coefficient (Wildman–Crippen LogP) is 3.49. The van der Waals surface area contributed by atoms with Gasteiger partial charge < -0.3 is 4.98 Å². The molecular weight excluding hydrogens is 294 g/mol. The lowest BCUT2D eigenvalue weighted by atomic mass is 10.1. The molecule has 0 bridgehead atoms. The monoisotopic (exact) mass is 313 g/mol. The molecule has 4 nitrogen and oxygen atoms in total. The molecule has 0 aliphatic heterocycles. The molecule has 0 saturated heterocycles. The van der Waals surface area contributed by atoms with E-state index in [4.69, 9.17) is 0 Å². The number of benzene rings is 1. The Bertz CT molecular complexity index is 839. The van der Waals surface area contributed by atoms with Gasteiger partial charge in [0.2, 0.25) is 0 Å². The molecule has 3 rings (SSSR count). The zero-order valence-electron chi connectivity index (χ0n) is 13.0. The van der Waals surface area contributed by atoms with Crippen molar-refractivity contribution >= 4 is 22.2 Å². The highest BCUT2D eigenvalue weighted by atomic mass is 32.1. The number of thiazole rings is 1. The number of aromatic nitrogens is 2. The fraction of sp³-hybridized carbons (Fsp3) is 0.294. The van der Waals surface area contributed by atoms with Crippen LogP contribution in [0.3, 0.4) is 0 Å². The summed E-state index contributed by atoms with van der Waals surface area (Å²) in [7, 11) is 2.06. The SMILES string of the molecule is Cc1ccc2[nH]c(CN(C)[C@H](C)c3cncs3)cc(=O)c2c1. The summed E-state index contributed by atoms with van der Waals surface area (Å²) in [6, 6.07) is 7.90. The number of hydrogen-bond acceptors (Lipinski definition) is 4. The molecule has 22 heavy (non-hydrogen) atoms. The van der Waals surface area contributed by atoms with Crippen molar-refractivity contribution in [3.05, 3.63) is 62.3 Å². The largest absolute Gasteiger partial charge is 0.357 e.